The Hall–Kier alpha value is -2.63. The average Bonchev–Trinajstić information content (AvgIpc) is 2.77. The average molecular weight is 485 g/mol. The van der Waals surface area contributed by atoms with Crippen molar-refractivity contribution in [1.82, 2.24) is 15.1 Å². The zero-order chi connectivity index (χ0) is 24.1. The van der Waals surface area contributed by atoms with E-state index in [0.717, 1.165) is 57.3 Å². The van der Waals surface area contributed by atoms with Crippen LogP contribution in [0.1, 0.15) is 22.3 Å². The van der Waals surface area contributed by atoms with Gasteiger partial charge in [0.15, 0.2) is 0 Å². The molecule has 0 aliphatic carbocycles. The molecule has 11 heteroatoms. The number of hydrogen-bond acceptors (Lipinski definition) is 5. The molecule has 2 N–H and O–H groups in total. The van der Waals surface area contributed by atoms with Gasteiger partial charge in [-0.2, -0.15) is 13.2 Å². The summed E-state index contributed by atoms with van der Waals surface area (Å²) in [5, 5.41) is 2.78. The van der Waals surface area contributed by atoms with Gasteiger partial charge in [-0.1, -0.05) is 18.2 Å². The second kappa shape index (κ2) is 10.5. The predicted octanol–water partition coefficient (Wildman–Crippen LogP) is 2.87. The van der Waals surface area contributed by atoms with E-state index in [1.807, 2.05) is 0 Å². The molecule has 7 nitrogen and oxygen atoms in total. The largest absolute Gasteiger partial charge is 0.416 e. The fourth-order valence-electron chi connectivity index (χ4n) is 3.48. The Morgan fingerprint density at radius 3 is 2.42 bits per heavy atom. The molecular formula is C22H27F3N4O3S. The predicted molar refractivity (Wildman–Crippen MR) is 120 cm³/mol. The Balaban J connectivity index is 1.63. The molecule has 0 atom stereocenters. The molecule has 1 heterocycles. The number of likely N-dealkylation sites (N-methyl/N-ethyl adjacent to an activating group) is 1. The Kier molecular flexibility index (Phi) is 7.98. The minimum absolute atomic E-state index is 0.00789. The van der Waals surface area contributed by atoms with Crippen molar-refractivity contribution in [2.75, 3.05) is 51.0 Å². The summed E-state index contributed by atoms with van der Waals surface area (Å²) >= 11 is 0. The molecule has 1 aliphatic rings. The van der Waals surface area contributed by atoms with Gasteiger partial charge >= 0.3 is 6.18 Å². The van der Waals surface area contributed by atoms with Crippen LogP contribution in [0.3, 0.4) is 0 Å². The first-order chi connectivity index (χ1) is 15.6. The first kappa shape index (κ1) is 25.0. The fraction of sp³-hybridized carbons (Fsp3) is 0.409. The third-order valence-corrected chi connectivity index (χ3v) is 6.78. The number of nitrogens with zero attached hydrogens (tertiary/aromatic N) is 2. The molecule has 0 saturated carbocycles. The van der Waals surface area contributed by atoms with Crippen molar-refractivity contribution in [2.45, 2.75) is 17.5 Å². The zero-order valence-electron chi connectivity index (χ0n) is 18.2. The second-order valence-corrected chi connectivity index (χ2v) is 9.61. The van der Waals surface area contributed by atoms with E-state index in [1.54, 1.807) is 6.07 Å². The van der Waals surface area contributed by atoms with Crippen LogP contribution in [0.15, 0.2) is 53.4 Å². The SMILES string of the molecule is CN1CCN(CCCNC(=O)c2ccccc2NS(=O)(=O)c2cccc(C(F)(F)F)c2)CC1. The highest BCUT2D eigenvalue weighted by atomic mass is 32.2. The van der Waals surface area contributed by atoms with Crippen molar-refractivity contribution in [3.63, 3.8) is 0 Å². The van der Waals surface area contributed by atoms with Crippen molar-refractivity contribution < 1.29 is 26.4 Å². The molecule has 0 radical (unpaired) electrons. The first-order valence-electron chi connectivity index (χ1n) is 10.5. The Morgan fingerprint density at radius 2 is 1.73 bits per heavy atom. The minimum atomic E-state index is -4.67. The van der Waals surface area contributed by atoms with Gasteiger partial charge < -0.3 is 15.1 Å². The van der Waals surface area contributed by atoms with Gasteiger partial charge in [-0.3, -0.25) is 9.52 Å². The molecule has 1 aliphatic heterocycles. The van der Waals surface area contributed by atoms with Gasteiger partial charge in [0.05, 0.1) is 21.7 Å². The number of nitrogens with one attached hydrogen (secondary N) is 2. The number of carbonyl (C=O) groups excluding carboxylic acids is 1. The number of rotatable bonds is 8. The van der Waals surface area contributed by atoms with Crippen LogP contribution in [0.2, 0.25) is 0 Å². The molecule has 0 spiro atoms. The summed E-state index contributed by atoms with van der Waals surface area (Å²) in [6.07, 6.45) is -3.93. The maximum Gasteiger partial charge on any atom is 0.416 e. The Labute approximate surface area is 191 Å². The lowest BCUT2D eigenvalue weighted by atomic mass is 10.1. The van der Waals surface area contributed by atoms with Crippen LogP contribution in [-0.2, 0) is 16.2 Å². The minimum Gasteiger partial charge on any atom is -0.352 e. The number of carbonyl (C=O) groups is 1. The van der Waals surface area contributed by atoms with Gasteiger partial charge in [-0.15, -0.1) is 0 Å². The third kappa shape index (κ3) is 6.92. The van der Waals surface area contributed by atoms with Crippen molar-refractivity contribution in [2.24, 2.45) is 0 Å². The molecule has 2 aromatic carbocycles. The molecule has 1 saturated heterocycles. The van der Waals surface area contributed by atoms with E-state index >= 15 is 0 Å². The molecule has 0 aromatic heterocycles. The molecule has 180 valence electrons. The van der Waals surface area contributed by atoms with Crippen LogP contribution >= 0.6 is 0 Å². The van der Waals surface area contributed by atoms with E-state index in [9.17, 15) is 26.4 Å². The van der Waals surface area contributed by atoms with Gasteiger partial charge in [-0.05, 0) is 50.3 Å². The highest BCUT2D eigenvalue weighted by Crippen LogP contribution is 2.31. The van der Waals surface area contributed by atoms with E-state index < -0.39 is 32.6 Å². The number of piperazine rings is 1. The normalized spacial score (nSPS) is 15.9. The van der Waals surface area contributed by atoms with Gasteiger partial charge in [0, 0.05) is 32.7 Å². The second-order valence-electron chi connectivity index (χ2n) is 7.93. The Bertz CT molecular complexity index is 1070. The molecule has 0 unspecified atom stereocenters. The number of amides is 1. The van der Waals surface area contributed by atoms with Gasteiger partial charge in [0.25, 0.3) is 15.9 Å². The van der Waals surface area contributed by atoms with Crippen molar-refractivity contribution in [3.8, 4) is 0 Å². The number of benzene rings is 2. The van der Waals surface area contributed by atoms with Crippen LogP contribution < -0.4 is 10.0 Å². The lowest BCUT2D eigenvalue weighted by Crippen LogP contribution is -2.45. The summed E-state index contributed by atoms with van der Waals surface area (Å²) in [5.74, 6) is -0.462. The number of anilines is 1. The fourth-order valence-corrected chi connectivity index (χ4v) is 4.61. The summed E-state index contributed by atoms with van der Waals surface area (Å²) in [6.45, 7) is 5.23. The van der Waals surface area contributed by atoms with Crippen molar-refractivity contribution in [1.29, 1.82) is 0 Å². The molecule has 2 aromatic rings. The van der Waals surface area contributed by atoms with Crippen LogP contribution in [0.4, 0.5) is 18.9 Å². The van der Waals surface area contributed by atoms with Crippen LogP contribution in [0, 0.1) is 0 Å². The Morgan fingerprint density at radius 1 is 1.03 bits per heavy atom. The quantitative estimate of drug-likeness (QED) is 0.564. The van der Waals surface area contributed by atoms with E-state index in [-0.39, 0.29) is 11.3 Å². The first-order valence-corrected chi connectivity index (χ1v) is 12.0. The summed E-state index contributed by atoms with van der Waals surface area (Å²) in [7, 11) is -2.26. The van der Waals surface area contributed by atoms with E-state index in [4.69, 9.17) is 0 Å². The monoisotopic (exact) mass is 484 g/mol. The zero-order valence-corrected chi connectivity index (χ0v) is 19.0. The number of sulfonamides is 1. The van der Waals surface area contributed by atoms with Crippen LogP contribution in [0.25, 0.3) is 0 Å². The molecule has 1 fully saturated rings. The third-order valence-electron chi connectivity index (χ3n) is 5.42. The maximum absolute atomic E-state index is 13.0. The smallest absolute Gasteiger partial charge is 0.352 e. The summed E-state index contributed by atoms with van der Waals surface area (Å²) in [4.78, 5) is 16.7. The number of halogens is 3. The number of hydrogen-bond donors (Lipinski definition) is 2. The highest BCUT2D eigenvalue weighted by Gasteiger charge is 2.32. The van der Waals surface area contributed by atoms with Crippen molar-refractivity contribution in [3.05, 3.63) is 59.7 Å². The van der Waals surface area contributed by atoms with Crippen LogP contribution in [-0.4, -0.2) is 70.4 Å². The number of alkyl halides is 3. The van der Waals surface area contributed by atoms with Crippen LogP contribution in [0.5, 0.6) is 0 Å². The van der Waals surface area contributed by atoms with Gasteiger partial charge in [-0.25, -0.2) is 8.42 Å². The van der Waals surface area contributed by atoms with Crippen molar-refractivity contribution >= 4 is 21.6 Å². The molecule has 33 heavy (non-hydrogen) atoms. The molecule has 1 amide bonds. The lowest BCUT2D eigenvalue weighted by molar-refractivity contribution is -0.137. The topological polar surface area (TPSA) is 81.8 Å². The summed E-state index contributed by atoms with van der Waals surface area (Å²) in [6, 6.07) is 9.42. The van der Waals surface area contributed by atoms with E-state index in [1.165, 1.54) is 18.2 Å². The van der Waals surface area contributed by atoms with E-state index in [2.05, 4.69) is 26.9 Å². The summed E-state index contributed by atoms with van der Waals surface area (Å²) < 4.78 is 66.5. The maximum atomic E-state index is 13.0. The lowest BCUT2D eigenvalue weighted by Gasteiger charge is -2.32. The highest BCUT2D eigenvalue weighted by molar-refractivity contribution is 7.92. The molecular weight excluding hydrogens is 457 g/mol. The van der Waals surface area contributed by atoms with Gasteiger partial charge in [0.1, 0.15) is 0 Å². The summed E-state index contributed by atoms with van der Waals surface area (Å²) in [5.41, 5.74) is -0.990. The molecule has 3 rings (SSSR count). The molecule has 0 bridgehead atoms. The number of para-hydroxylation sites is 1. The van der Waals surface area contributed by atoms with E-state index in [0.29, 0.717) is 12.6 Å². The standard InChI is InChI=1S/C22H27F3N4O3S/c1-28-12-14-29(15-13-28)11-5-10-26-21(30)19-8-2-3-9-20(19)27-33(31,32)18-7-4-6-17(16-18)22(23,24)25/h2-4,6-9,16,27H,5,10-15H2,1H3,(H,26,30). The van der Waals surface area contributed by atoms with Gasteiger partial charge in [0.2, 0.25) is 0 Å².